The average molecular weight is 298 g/mol. The van der Waals surface area contributed by atoms with E-state index in [4.69, 9.17) is 0 Å². The van der Waals surface area contributed by atoms with Crippen LogP contribution in [0.3, 0.4) is 0 Å². The maximum absolute atomic E-state index is 4.50. The summed E-state index contributed by atoms with van der Waals surface area (Å²) < 4.78 is 1.13. The van der Waals surface area contributed by atoms with Gasteiger partial charge < -0.3 is 9.80 Å². The molecule has 4 heteroatoms. The van der Waals surface area contributed by atoms with E-state index in [1.165, 1.54) is 31.5 Å². The molecule has 0 bridgehead atoms. The predicted molar refractivity (Wildman–Crippen MR) is 75.6 cm³/mol. The third-order valence-electron chi connectivity index (χ3n) is 3.63. The number of nitrogens with zero attached hydrogens (tertiary/aromatic N) is 3. The van der Waals surface area contributed by atoms with E-state index >= 15 is 0 Å². The summed E-state index contributed by atoms with van der Waals surface area (Å²) in [5.74, 6) is 1.07. The van der Waals surface area contributed by atoms with Crippen molar-refractivity contribution in [3.63, 3.8) is 0 Å². The van der Waals surface area contributed by atoms with Crippen LogP contribution in [0.2, 0.25) is 0 Å². The van der Waals surface area contributed by atoms with Crippen molar-refractivity contribution < 1.29 is 0 Å². The third kappa shape index (κ3) is 2.80. The average Bonchev–Trinajstić information content (AvgIpc) is 2.33. The van der Waals surface area contributed by atoms with E-state index in [9.17, 15) is 0 Å². The van der Waals surface area contributed by atoms with Gasteiger partial charge in [0, 0.05) is 19.3 Å². The molecule has 1 aromatic rings. The minimum Gasteiger partial charge on any atom is -0.356 e. The summed E-state index contributed by atoms with van der Waals surface area (Å²) in [4.78, 5) is 9.21. The Morgan fingerprint density at radius 3 is 2.71 bits per heavy atom. The van der Waals surface area contributed by atoms with Gasteiger partial charge >= 0.3 is 0 Å². The SMILES string of the molecule is Cc1ccnc(N(C)C2CCN(C)CC2)c1Br. The molecule has 0 amide bonds. The van der Waals surface area contributed by atoms with Gasteiger partial charge in [-0.15, -0.1) is 0 Å². The second-order valence-corrected chi connectivity index (χ2v) is 5.70. The molecule has 1 saturated heterocycles. The minimum atomic E-state index is 0.608. The number of hydrogen-bond donors (Lipinski definition) is 0. The molecule has 17 heavy (non-hydrogen) atoms. The molecule has 2 rings (SSSR count). The van der Waals surface area contributed by atoms with E-state index in [-0.39, 0.29) is 0 Å². The Balaban J connectivity index is 2.14. The fourth-order valence-corrected chi connectivity index (χ4v) is 2.84. The standard InChI is InChI=1S/C13H20BrN3/c1-10-4-7-15-13(12(10)14)17(3)11-5-8-16(2)9-6-11/h4,7,11H,5-6,8-9H2,1-3H3. The zero-order valence-electron chi connectivity index (χ0n) is 10.8. The summed E-state index contributed by atoms with van der Waals surface area (Å²) in [5.41, 5.74) is 1.25. The van der Waals surface area contributed by atoms with Crippen LogP contribution in [0.4, 0.5) is 5.82 Å². The number of halogens is 1. The molecule has 1 fully saturated rings. The molecule has 3 nitrogen and oxygen atoms in total. The molecular weight excluding hydrogens is 278 g/mol. The highest BCUT2D eigenvalue weighted by atomic mass is 79.9. The fourth-order valence-electron chi connectivity index (χ4n) is 2.33. The van der Waals surface area contributed by atoms with Gasteiger partial charge in [-0.25, -0.2) is 4.98 Å². The molecule has 0 aliphatic carbocycles. The van der Waals surface area contributed by atoms with E-state index in [1.54, 1.807) is 0 Å². The first-order valence-corrected chi connectivity index (χ1v) is 6.91. The van der Waals surface area contributed by atoms with Gasteiger partial charge in [-0.1, -0.05) is 0 Å². The monoisotopic (exact) mass is 297 g/mol. The molecule has 0 N–H and O–H groups in total. The molecule has 0 spiro atoms. The lowest BCUT2D eigenvalue weighted by molar-refractivity contribution is 0.252. The summed E-state index contributed by atoms with van der Waals surface area (Å²) in [6.45, 7) is 4.47. The first-order valence-electron chi connectivity index (χ1n) is 6.12. The highest BCUT2D eigenvalue weighted by Crippen LogP contribution is 2.29. The van der Waals surface area contributed by atoms with Crippen molar-refractivity contribution in [2.24, 2.45) is 0 Å². The molecule has 0 aromatic carbocycles. The normalized spacial score (nSPS) is 18.4. The van der Waals surface area contributed by atoms with E-state index in [2.05, 4.69) is 51.7 Å². The largest absolute Gasteiger partial charge is 0.356 e. The number of anilines is 1. The Morgan fingerprint density at radius 1 is 1.41 bits per heavy atom. The van der Waals surface area contributed by atoms with Crippen LogP contribution in [0.25, 0.3) is 0 Å². The first-order chi connectivity index (χ1) is 8.09. The van der Waals surface area contributed by atoms with E-state index in [0.717, 1.165) is 10.3 Å². The van der Waals surface area contributed by atoms with Crippen molar-refractivity contribution >= 4 is 21.7 Å². The second-order valence-electron chi connectivity index (χ2n) is 4.91. The Bertz CT molecular complexity index is 386. The molecule has 94 valence electrons. The highest BCUT2D eigenvalue weighted by Gasteiger charge is 2.22. The number of piperidine rings is 1. The van der Waals surface area contributed by atoms with Gasteiger partial charge in [0.2, 0.25) is 0 Å². The van der Waals surface area contributed by atoms with Crippen molar-refractivity contribution in [3.8, 4) is 0 Å². The maximum atomic E-state index is 4.50. The Morgan fingerprint density at radius 2 is 2.06 bits per heavy atom. The molecule has 1 aromatic heterocycles. The number of rotatable bonds is 2. The Kier molecular flexibility index (Phi) is 4.05. The van der Waals surface area contributed by atoms with Gasteiger partial charge in [0.15, 0.2) is 0 Å². The number of pyridine rings is 1. The van der Waals surface area contributed by atoms with Crippen molar-refractivity contribution in [3.05, 3.63) is 22.3 Å². The summed E-state index contributed by atoms with van der Waals surface area (Å²) in [5, 5.41) is 0. The lowest BCUT2D eigenvalue weighted by Crippen LogP contribution is -2.42. The van der Waals surface area contributed by atoms with Crippen LogP contribution in [0.15, 0.2) is 16.7 Å². The van der Waals surface area contributed by atoms with Gasteiger partial charge in [-0.05, 0) is 67.5 Å². The van der Waals surface area contributed by atoms with E-state index < -0.39 is 0 Å². The fraction of sp³-hybridized carbons (Fsp3) is 0.615. The summed E-state index contributed by atoms with van der Waals surface area (Å²) >= 11 is 3.64. The third-order valence-corrected chi connectivity index (χ3v) is 4.61. The molecule has 0 saturated carbocycles. The van der Waals surface area contributed by atoms with Crippen molar-refractivity contribution in [2.45, 2.75) is 25.8 Å². The molecule has 0 radical (unpaired) electrons. The molecule has 2 heterocycles. The van der Waals surface area contributed by atoms with Crippen LogP contribution in [0.5, 0.6) is 0 Å². The first kappa shape index (κ1) is 12.8. The number of likely N-dealkylation sites (tertiary alicyclic amines) is 1. The lowest BCUT2D eigenvalue weighted by Gasteiger charge is -2.36. The van der Waals surface area contributed by atoms with Crippen LogP contribution in [0, 0.1) is 6.92 Å². The summed E-state index contributed by atoms with van der Waals surface area (Å²) in [7, 11) is 4.35. The van der Waals surface area contributed by atoms with Crippen molar-refractivity contribution in [2.75, 3.05) is 32.1 Å². The molecule has 1 aliphatic rings. The van der Waals surface area contributed by atoms with Crippen LogP contribution < -0.4 is 4.90 Å². The molecular formula is C13H20BrN3. The van der Waals surface area contributed by atoms with Gasteiger partial charge in [0.1, 0.15) is 5.82 Å². The van der Waals surface area contributed by atoms with Crippen LogP contribution in [-0.4, -0.2) is 43.1 Å². The van der Waals surface area contributed by atoms with E-state index in [0.29, 0.717) is 6.04 Å². The molecule has 0 unspecified atom stereocenters. The van der Waals surface area contributed by atoms with Crippen LogP contribution in [0.1, 0.15) is 18.4 Å². The Labute approximate surface area is 112 Å². The van der Waals surface area contributed by atoms with Gasteiger partial charge in [0.25, 0.3) is 0 Å². The number of aryl methyl sites for hydroxylation is 1. The summed E-state index contributed by atoms with van der Waals surface area (Å²) in [6.07, 6.45) is 4.32. The maximum Gasteiger partial charge on any atom is 0.143 e. The molecule has 1 aliphatic heterocycles. The minimum absolute atomic E-state index is 0.608. The number of hydrogen-bond acceptors (Lipinski definition) is 3. The quantitative estimate of drug-likeness (QED) is 0.837. The number of aromatic nitrogens is 1. The van der Waals surface area contributed by atoms with Crippen LogP contribution >= 0.6 is 15.9 Å². The summed E-state index contributed by atoms with van der Waals surface area (Å²) in [6, 6.07) is 2.65. The zero-order valence-corrected chi connectivity index (χ0v) is 12.4. The smallest absolute Gasteiger partial charge is 0.143 e. The van der Waals surface area contributed by atoms with Crippen molar-refractivity contribution in [1.82, 2.24) is 9.88 Å². The second kappa shape index (κ2) is 5.36. The highest BCUT2D eigenvalue weighted by molar-refractivity contribution is 9.10. The zero-order chi connectivity index (χ0) is 12.4. The van der Waals surface area contributed by atoms with E-state index in [1.807, 2.05) is 12.3 Å². The lowest BCUT2D eigenvalue weighted by atomic mass is 10.0. The molecule has 0 atom stereocenters. The van der Waals surface area contributed by atoms with Crippen LogP contribution in [-0.2, 0) is 0 Å². The predicted octanol–water partition coefficient (Wildman–Crippen LogP) is 2.68. The topological polar surface area (TPSA) is 19.4 Å². The van der Waals surface area contributed by atoms with Crippen molar-refractivity contribution in [1.29, 1.82) is 0 Å². The Hall–Kier alpha value is -0.610. The van der Waals surface area contributed by atoms with Gasteiger partial charge in [0.05, 0.1) is 4.47 Å². The van der Waals surface area contributed by atoms with Gasteiger partial charge in [-0.3, -0.25) is 0 Å². The van der Waals surface area contributed by atoms with Gasteiger partial charge in [-0.2, -0.15) is 0 Å².